The number of aromatic nitrogens is 6. The van der Waals surface area contributed by atoms with Gasteiger partial charge in [-0.25, -0.2) is 19.7 Å². The molecule has 0 radical (unpaired) electrons. The summed E-state index contributed by atoms with van der Waals surface area (Å²) in [6.45, 7) is 2.08. The summed E-state index contributed by atoms with van der Waals surface area (Å²) < 4.78 is 3.60. The SMILES string of the molecule is O=C(Cn1cc(-c2ccc(Cl)cc2Cl)c2c(N3CC(O)C3)ncnc21)N1CCC(n2c(=O)[nH]c3ncccc32)CC1. The minimum atomic E-state index is -0.412. The maximum atomic E-state index is 13.6. The Kier molecular flexibility index (Phi) is 6.44. The highest BCUT2D eigenvalue weighted by Crippen LogP contribution is 2.40. The molecule has 2 saturated heterocycles. The Morgan fingerprint density at radius 3 is 2.63 bits per heavy atom. The number of aliphatic hydroxyl groups excluding tert-OH is 1. The van der Waals surface area contributed by atoms with Gasteiger partial charge >= 0.3 is 5.69 Å². The number of aliphatic hydroxyl groups is 1. The highest BCUT2D eigenvalue weighted by molar-refractivity contribution is 6.36. The van der Waals surface area contributed by atoms with Gasteiger partial charge in [-0.15, -0.1) is 0 Å². The van der Waals surface area contributed by atoms with E-state index in [-0.39, 0.29) is 24.2 Å². The van der Waals surface area contributed by atoms with Crippen LogP contribution in [0.2, 0.25) is 10.0 Å². The van der Waals surface area contributed by atoms with E-state index in [2.05, 4.69) is 19.9 Å². The molecule has 0 atom stereocenters. The Labute approximate surface area is 244 Å². The second-order valence-corrected chi connectivity index (χ2v) is 11.4. The lowest BCUT2D eigenvalue weighted by atomic mass is 10.0. The molecule has 0 unspecified atom stereocenters. The van der Waals surface area contributed by atoms with Crippen LogP contribution in [-0.2, 0) is 11.3 Å². The first kappa shape index (κ1) is 26.0. The van der Waals surface area contributed by atoms with Gasteiger partial charge in [0.05, 0.1) is 17.0 Å². The number of amides is 1. The lowest BCUT2D eigenvalue weighted by Crippen LogP contribution is -2.51. The van der Waals surface area contributed by atoms with Gasteiger partial charge in [0.15, 0.2) is 5.65 Å². The molecule has 4 aromatic heterocycles. The van der Waals surface area contributed by atoms with E-state index in [1.54, 1.807) is 22.9 Å². The zero-order valence-electron chi connectivity index (χ0n) is 21.9. The van der Waals surface area contributed by atoms with Gasteiger partial charge in [-0.3, -0.25) is 14.3 Å². The molecule has 210 valence electrons. The lowest BCUT2D eigenvalue weighted by molar-refractivity contribution is -0.133. The van der Waals surface area contributed by atoms with Gasteiger partial charge in [-0.05, 0) is 37.1 Å². The predicted octanol–water partition coefficient (Wildman–Crippen LogP) is 3.49. The number of nitrogens with zero attached hydrogens (tertiary/aromatic N) is 7. The number of piperidine rings is 1. The molecule has 0 aliphatic carbocycles. The summed E-state index contributed by atoms with van der Waals surface area (Å²) in [5, 5.41) is 11.7. The monoisotopic (exact) mass is 592 g/mol. The first-order valence-corrected chi connectivity index (χ1v) is 14.2. The van der Waals surface area contributed by atoms with Crippen molar-refractivity contribution in [2.75, 3.05) is 31.1 Å². The summed E-state index contributed by atoms with van der Waals surface area (Å²) in [6, 6.07) is 8.99. The van der Waals surface area contributed by atoms with Crippen molar-refractivity contribution in [1.82, 2.24) is 34.0 Å². The molecule has 2 N–H and O–H groups in total. The number of H-pyrrole nitrogens is 1. The van der Waals surface area contributed by atoms with Crippen molar-refractivity contribution in [2.24, 2.45) is 0 Å². The number of anilines is 1. The zero-order chi connectivity index (χ0) is 28.2. The molecule has 7 rings (SSSR count). The second kappa shape index (κ2) is 10.2. The number of carbonyl (C=O) groups excluding carboxylic acids is 1. The molecule has 0 saturated carbocycles. The number of hydrogen-bond acceptors (Lipinski definition) is 7. The molecule has 1 amide bonds. The number of β-amino-alcohol motifs (C(OH)–C–C–N with tert-alkyl or cyclic N) is 1. The first-order chi connectivity index (χ1) is 19.9. The average molecular weight is 593 g/mol. The van der Waals surface area contributed by atoms with E-state index in [1.807, 2.05) is 38.8 Å². The lowest BCUT2D eigenvalue weighted by Gasteiger charge is -2.37. The number of likely N-dealkylation sites (tertiary alicyclic amines) is 1. The van der Waals surface area contributed by atoms with E-state index in [1.165, 1.54) is 6.33 Å². The summed E-state index contributed by atoms with van der Waals surface area (Å²) in [5.74, 6) is 0.647. The fraction of sp³-hybridized carbons (Fsp3) is 0.321. The number of pyridine rings is 1. The zero-order valence-corrected chi connectivity index (χ0v) is 23.4. The van der Waals surface area contributed by atoms with Crippen LogP contribution in [0.5, 0.6) is 0 Å². The third-order valence-corrected chi connectivity index (χ3v) is 8.54. The maximum Gasteiger partial charge on any atom is 0.327 e. The van der Waals surface area contributed by atoms with Gasteiger partial charge in [0.25, 0.3) is 0 Å². The Balaban J connectivity index is 1.17. The Morgan fingerprint density at radius 1 is 1.07 bits per heavy atom. The van der Waals surface area contributed by atoms with Gasteiger partial charge in [-0.2, -0.15) is 0 Å². The number of fused-ring (bicyclic) bond motifs is 2. The number of aromatic amines is 1. The van der Waals surface area contributed by atoms with Crippen LogP contribution < -0.4 is 10.6 Å². The van der Waals surface area contributed by atoms with Crippen molar-refractivity contribution in [3.8, 4) is 11.1 Å². The highest BCUT2D eigenvalue weighted by Gasteiger charge is 2.31. The van der Waals surface area contributed by atoms with E-state index in [0.29, 0.717) is 66.2 Å². The summed E-state index contributed by atoms with van der Waals surface area (Å²) in [5.41, 5.74) is 3.32. The van der Waals surface area contributed by atoms with Crippen LogP contribution in [0.4, 0.5) is 5.82 Å². The minimum absolute atomic E-state index is 0.0160. The largest absolute Gasteiger partial charge is 0.389 e. The molecular weight excluding hydrogens is 567 g/mol. The fourth-order valence-corrected chi connectivity index (χ4v) is 6.46. The summed E-state index contributed by atoms with van der Waals surface area (Å²) in [7, 11) is 0. The number of imidazole rings is 1. The van der Waals surface area contributed by atoms with E-state index >= 15 is 0 Å². The van der Waals surface area contributed by atoms with Crippen LogP contribution in [-0.4, -0.2) is 77.3 Å². The van der Waals surface area contributed by atoms with Gasteiger partial charge < -0.3 is 19.5 Å². The third-order valence-electron chi connectivity index (χ3n) is 7.99. The Hall–Kier alpha value is -3.93. The summed E-state index contributed by atoms with van der Waals surface area (Å²) >= 11 is 12.8. The number of hydrogen-bond donors (Lipinski definition) is 2. The van der Waals surface area contributed by atoms with Gasteiger partial charge in [0.2, 0.25) is 5.91 Å². The normalized spacial score (nSPS) is 16.6. The van der Waals surface area contributed by atoms with Crippen LogP contribution in [0, 0.1) is 0 Å². The Morgan fingerprint density at radius 2 is 1.88 bits per heavy atom. The van der Waals surface area contributed by atoms with Crippen molar-refractivity contribution in [3.63, 3.8) is 0 Å². The van der Waals surface area contributed by atoms with Crippen molar-refractivity contribution in [2.45, 2.75) is 31.5 Å². The van der Waals surface area contributed by atoms with Crippen LogP contribution >= 0.6 is 23.2 Å². The maximum absolute atomic E-state index is 13.6. The van der Waals surface area contributed by atoms with E-state index in [4.69, 9.17) is 23.2 Å². The number of nitrogens with one attached hydrogen (secondary N) is 1. The smallest absolute Gasteiger partial charge is 0.327 e. The van der Waals surface area contributed by atoms with E-state index in [9.17, 15) is 14.7 Å². The molecular formula is C28H26Cl2N8O3. The predicted molar refractivity (Wildman–Crippen MR) is 156 cm³/mol. The molecule has 2 aliphatic heterocycles. The topological polar surface area (TPSA) is 125 Å². The van der Waals surface area contributed by atoms with Crippen LogP contribution in [0.25, 0.3) is 33.3 Å². The average Bonchev–Trinajstić information content (AvgIpc) is 3.48. The second-order valence-electron chi connectivity index (χ2n) is 10.5. The number of carbonyl (C=O) groups is 1. The minimum Gasteiger partial charge on any atom is -0.389 e. The standard InChI is InChI=1S/C28H26Cl2N8O3/c29-16-3-4-19(21(30)10-16)20-13-37(27-24(20)26(32-15-33-27)36-11-18(39)12-36)14-23(40)35-8-5-17(6-9-35)38-22-2-1-7-31-25(22)34-28(38)41/h1-4,7,10,13,15,17-18,39H,5-6,8-9,11-12,14H2,(H,31,34,41). The highest BCUT2D eigenvalue weighted by atomic mass is 35.5. The van der Waals surface area contributed by atoms with Crippen LogP contribution in [0.1, 0.15) is 18.9 Å². The quantitative estimate of drug-likeness (QED) is 0.320. The Bertz CT molecular complexity index is 1850. The summed E-state index contributed by atoms with van der Waals surface area (Å²) in [6.07, 6.45) is 5.94. The van der Waals surface area contributed by atoms with Crippen molar-refractivity contribution in [3.05, 3.63) is 69.6 Å². The number of benzene rings is 1. The fourth-order valence-electron chi connectivity index (χ4n) is 5.95. The third kappa shape index (κ3) is 4.54. The molecule has 1 aromatic carbocycles. The number of halogens is 2. The van der Waals surface area contributed by atoms with Crippen LogP contribution in [0.3, 0.4) is 0 Å². The van der Waals surface area contributed by atoms with E-state index in [0.717, 1.165) is 22.0 Å². The molecule has 11 nitrogen and oxygen atoms in total. The molecule has 41 heavy (non-hydrogen) atoms. The van der Waals surface area contributed by atoms with Crippen molar-refractivity contribution >= 4 is 57.1 Å². The van der Waals surface area contributed by atoms with Crippen molar-refractivity contribution in [1.29, 1.82) is 0 Å². The van der Waals surface area contributed by atoms with Gasteiger partial charge in [-0.1, -0.05) is 29.3 Å². The van der Waals surface area contributed by atoms with E-state index < -0.39 is 6.10 Å². The molecule has 13 heteroatoms. The molecule has 0 spiro atoms. The molecule has 2 aliphatic rings. The molecule has 2 fully saturated rings. The first-order valence-electron chi connectivity index (χ1n) is 13.4. The molecule has 0 bridgehead atoms. The van der Waals surface area contributed by atoms with Gasteiger partial charge in [0.1, 0.15) is 24.3 Å². The van der Waals surface area contributed by atoms with Crippen molar-refractivity contribution < 1.29 is 9.90 Å². The number of rotatable bonds is 5. The van der Waals surface area contributed by atoms with Crippen LogP contribution in [0.15, 0.2) is 53.8 Å². The van der Waals surface area contributed by atoms with Gasteiger partial charge in [0, 0.05) is 65.8 Å². The summed E-state index contributed by atoms with van der Waals surface area (Å²) in [4.78, 5) is 46.2. The molecule has 5 aromatic rings. The molecule has 6 heterocycles.